The molecule has 30 heavy (non-hydrogen) atoms. The van der Waals surface area contributed by atoms with Crippen LogP contribution < -0.4 is 10.1 Å². The first-order chi connectivity index (χ1) is 14.5. The largest absolute Gasteiger partial charge is 0.497 e. The lowest BCUT2D eigenvalue weighted by molar-refractivity contribution is 0.102. The monoisotopic (exact) mass is 428 g/mol. The highest BCUT2D eigenvalue weighted by Gasteiger charge is 2.31. The van der Waals surface area contributed by atoms with Crippen molar-refractivity contribution in [1.29, 1.82) is 0 Å². The van der Waals surface area contributed by atoms with Crippen LogP contribution in [0.4, 0.5) is 5.82 Å². The molecule has 0 fully saturated rings. The van der Waals surface area contributed by atoms with Crippen LogP contribution >= 0.6 is 11.6 Å². The number of rotatable bonds is 7. The Morgan fingerprint density at radius 3 is 2.67 bits per heavy atom. The number of nitrogens with zero attached hydrogens (tertiary/aromatic N) is 3. The summed E-state index contributed by atoms with van der Waals surface area (Å²) in [5.74, 6) is 1.75. The molecule has 2 heterocycles. The number of aromatic nitrogens is 3. The summed E-state index contributed by atoms with van der Waals surface area (Å²) < 4.78 is 13.0. The summed E-state index contributed by atoms with van der Waals surface area (Å²) in [6, 6.07) is 6.09. The molecule has 0 amide bonds. The molecule has 1 atom stereocenters. The smallest absolute Gasteiger partial charge is 0.165 e. The van der Waals surface area contributed by atoms with Crippen LogP contribution in [0, 0.1) is 6.92 Å². The molecular weight excluding hydrogens is 400 g/mol. The summed E-state index contributed by atoms with van der Waals surface area (Å²) in [5, 5.41) is 9.25. The fourth-order valence-electron chi connectivity index (χ4n) is 4.33. The van der Waals surface area contributed by atoms with Gasteiger partial charge in [0, 0.05) is 24.3 Å². The van der Waals surface area contributed by atoms with Crippen molar-refractivity contribution in [2.45, 2.75) is 58.6 Å². The van der Waals surface area contributed by atoms with Crippen molar-refractivity contribution in [3.8, 4) is 16.9 Å². The zero-order valence-corrected chi connectivity index (χ0v) is 19.0. The normalized spacial score (nSPS) is 15.8. The van der Waals surface area contributed by atoms with Gasteiger partial charge in [-0.1, -0.05) is 25.4 Å². The van der Waals surface area contributed by atoms with E-state index in [1.165, 1.54) is 5.56 Å². The van der Waals surface area contributed by atoms with Crippen LogP contribution in [0.3, 0.4) is 0 Å². The molecule has 1 aliphatic rings. The standard InChI is InChI=1S/C23H29ClN4O2/c1-6-14(7-2)25-22-17-10-11-19(30-5)21(17)26-23-20(13(3)27-28(22)23)16-9-8-15(29-4)12-18(16)24/h8-9,12,14,19,25H,6-7,10-11H2,1-5H3. The highest BCUT2D eigenvalue weighted by atomic mass is 35.5. The van der Waals surface area contributed by atoms with Gasteiger partial charge in [-0.3, -0.25) is 0 Å². The first-order valence-corrected chi connectivity index (χ1v) is 10.9. The molecule has 3 aromatic rings. The Hall–Kier alpha value is -2.31. The topological polar surface area (TPSA) is 60.7 Å². The number of aryl methyl sites for hydroxylation is 1. The molecule has 1 unspecified atom stereocenters. The van der Waals surface area contributed by atoms with Gasteiger partial charge in [-0.05, 0) is 50.8 Å². The van der Waals surface area contributed by atoms with E-state index >= 15 is 0 Å². The second-order valence-corrected chi connectivity index (χ2v) is 8.19. The van der Waals surface area contributed by atoms with Crippen LogP contribution in [0.1, 0.15) is 56.2 Å². The Kier molecular flexibility index (Phi) is 5.89. The van der Waals surface area contributed by atoms with Crippen molar-refractivity contribution in [3.05, 3.63) is 40.2 Å². The molecule has 4 rings (SSSR count). The number of anilines is 1. The average molecular weight is 429 g/mol. The molecule has 7 heteroatoms. The van der Waals surface area contributed by atoms with Crippen LogP contribution in [0.15, 0.2) is 18.2 Å². The number of fused-ring (bicyclic) bond motifs is 2. The van der Waals surface area contributed by atoms with Gasteiger partial charge in [0.25, 0.3) is 0 Å². The fourth-order valence-corrected chi connectivity index (χ4v) is 4.60. The molecule has 0 saturated heterocycles. The van der Waals surface area contributed by atoms with Gasteiger partial charge < -0.3 is 14.8 Å². The maximum Gasteiger partial charge on any atom is 0.165 e. The Balaban J connectivity index is 1.97. The molecule has 0 radical (unpaired) electrons. The molecule has 0 aliphatic heterocycles. The highest BCUT2D eigenvalue weighted by Crippen LogP contribution is 2.41. The van der Waals surface area contributed by atoms with Crippen LogP contribution in [-0.4, -0.2) is 34.9 Å². The van der Waals surface area contributed by atoms with E-state index in [0.29, 0.717) is 11.1 Å². The molecular formula is C23H29ClN4O2. The summed E-state index contributed by atoms with van der Waals surface area (Å²) in [7, 11) is 3.39. The number of ether oxygens (including phenoxy) is 2. The predicted molar refractivity (Wildman–Crippen MR) is 121 cm³/mol. The van der Waals surface area contributed by atoms with E-state index in [9.17, 15) is 0 Å². The maximum atomic E-state index is 6.63. The van der Waals surface area contributed by atoms with E-state index in [4.69, 9.17) is 31.2 Å². The van der Waals surface area contributed by atoms with E-state index in [2.05, 4.69) is 19.2 Å². The van der Waals surface area contributed by atoms with Crippen molar-refractivity contribution in [1.82, 2.24) is 14.6 Å². The molecule has 0 spiro atoms. The Labute approximate surface area is 182 Å². The number of methoxy groups -OCH3 is 2. The van der Waals surface area contributed by atoms with Gasteiger partial charge in [0.1, 0.15) is 11.6 Å². The van der Waals surface area contributed by atoms with E-state index in [1.54, 1.807) is 14.2 Å². The van der Waals surface area contributed by atoms with Gasteiger partial charge in [-0.2, -0.15) is 9.61 Å². The number of nitrogens with one attached hydrogen (secondary N) is 1. The number of benzene rings is 1. The van der Waals surface area contributed by atoms with E-state index in [-0.39, 0.29) is 6.10 Å². The van der Waals surface area contributed by atoms with E-state index < -0.39 is 0 Å². The predicted octanol–water partition coefficient (Wildman–Crippen LogP) is 5.60. The SMILES string of the molecule is CCC(CC)Nc1c2c(nc3c(-c4ccc(OC)cc4Cl)c(C)nn13)C(OC)CC2. The Morgan fingerprint density at radius 1 is 1.27 bits per heavy atom. The summed E-state index contributed by atoms with van der Waals surface area (Å²) in [6.07, 6.45) is 3.94. The molecule has 0 bridgehead atoms. The molecule has 1 aromatic carbocycles. The van der Waals surface area contributed by atoms with Crippen LogP contribution in [0.5, 0.6) is 5.75 Å². The highest BCUT2D eigenvalue weighted by molar-refractivity contribution is 6.33. The first-order valence-electron chi connectivity index (χ1n) is 10.6. The van der Waals surface area contributed by atoms with Gasteiger partial charge >= 0.3 is 0 Å². The van der Waals surface area contributed by atoms with Crippen molar-refractivity contribution in [2.24, 2.45) is 0 Å². The second-order valence-electron chi connectivity index (χ2n) is 7.79. The van der Waals surface area contributed by atoms with Gasteiger partial charge in [0.05, 0.1) is 35.2 Å². The first kappa shape index (κ1) is 20.9. The van der Waals surface area contributed by atoms with Crippen molar-refractivity contribution in [3.63, 3.8) is 0 Å². The molecule has 0 saturated carbocycles. The van der Waals surface area contributed by atoms with E-state index in [0.717, 1.165) is 65.4 Å². The Morgan fingerprint density at radius 2 is 2.03 bits per heavy atom. The summed E-state index contributed by atoms with van der Waals surface area (Å²) in [6.45, 7) is 6.41. The average Bonchev–Trinajstić information content (AvgIpc) is 3.31. The van der Waals surface area contributed by atoms with Gasteiger partial charge in [-0.25, -0.2) is 4.98 Å². The lowest BCUT2D eigenvalue weighted by Crippen LogP contribution is -2.21. The lowest BCUT2D eigenvalue weighted by Gasteiger charge is -2.20. The molecule has 1 aliphatic carbocycles. The summed E-state index contributed by atoms with van der Waals surface area (Å²) in [4.78, 5) is 5.05. The van der Waals surface area contributed by atoms with Crippen LogP contribution in [-0.2, 0) is 11.2 Å². The Bertz CT molecular complexity index is 1070. The zero-order chi connectivity index (χ0) is 21.4. The fraction of sp³-hybridized carbons (Fsp3) is 0.478. The molecule has 160 valence electrons. The van der Waals surface area contributed by atoms with Gasteiger partial charge in [0.15, 0.2) is 5.65 Å². The number of hydrogen-bond acceptors (Lipinski definition) is 5. The third-order valence-corrected chi connectivity index (χ3v) is 6.40. The minimum absolute atomic E-state index is 0.00153. The minimum atomic E-state index is 0.00153. The lowest BCUT2D eigenvalue weighted by atomic mass is 10.1. The summed E-state index contributed by atoms with van der Waals surface area (Å²) >= 11 is 6.63. The molecule has 1 N–H and O–H groups in total. The van der Waals surface area contributed by atoms with E-state index in [1.807, 2.05) is 29.6 Å². The molecule has 6 nitrogen and oxygen atoms in total. The quantitative estimate of drug-likeness (QED) is 0.530. The van der Waals surface area contributed by atoms with Gasteiger partial charge in [-0.15, -0.1) is 0 Å². The number of halogens is 1. The zero-order valence-electron chi connectivity index (χ0n) is 18.3. The maximum absolute atomic E-state index is 6.63. The van der Waals surface area contributed by atoms with Crippen LogP contribution in [0.25, 0.3) is 16.8 Å². The number of hydrogen-bond donors (Lipinski definition) is 1. The third-order valence-electron chi connectivity index (χ3n) is 6.09. The van der Waals surface area contributed by atoms with Crippen molar-refractivity contribution >= 4 is 23.1 Å². The van der Waals surface area contributed by atoms with Crippen molar-refractivity contribution < 1.29 is 9.47 Å². The van der Waals surface area contributed by atoms with Gasteiger partial charge in [0.2, 0.25) is 0 Å². The minimum Gasteiger partial charge on any atom is -0.497 e. The molecule has 2 aromatic heterocycles. The second kappa shape index (κ2) is 8.44. The van der Waals surface area contributed by atoms with Crippen LogP contribution in [0.2, 0.25) is 5.02 Å². The summed E-state index contributed by atoms with van der Waals surface area (Å²) in [5.41, 5.74) is 5.74. The third kappa shape index (κ3) is 3.42. The van der Waals surface area contributed by atoms with Crippen molar-refractivity contribution in [2.75, 3.05) is 19.5 Å².